The van der Waals surface area contributed by atoms with Crippen LogP contribution in [-0.2, 0) is 4.79 Å². The smallest absolute Gasteiger partial charge is 0.311 e. The van der Waals surface area contributed by atoms with Gasteiger partial charge in [-0.15, -0.1) is 0 Å². The van der Waals surface area contributed by atoms with Crippen molar-refractivity contribution in [2.24, 2.45) is 0 Å². The minimum absolute atomic E-state index is 0.276. The highest BCUT2D eigenvalue weighted by molar-refractivity contribution is 6.30. The van der Waals surface area contributed by atoms with Crippen LogP contribution >= 0.6 is 11.6 Å². The van der Waals surface area contributed by atoms with E-state index in [0.717, 1.165) is 11.1 Å². The van der Waals surface area contributed by atoms with Crippen molar-refractivity contribution >= 4 is 29.2 Å². The van der Waals surface area contributed by atoms with Crippen LogP contribution in [-0.4, -0.2) is 13.1 Å². The molecule has 0 bridgehead atoms. The van der Waals surface area contributed by atoms with E-state index in [1.807, 2.05) is 6.07 Å². The van der Waals surface area contributed by atoms with Crippen LogP contribution in [0.2, 0.25) is 5.02 Å². The number of ether oxygens (including phenoxy) is 2. The number of halogens is 1. The molecule has 2 aromatic rings. The topological polar surface area (TPSA) is 59.3 Å². The number of nitriles is 1. The van der Waals surface area contributed by atoms with Crippen molar-refractivity contribution in [2.45, 2.75) is 13.3 Å². The molecule has 0 N–H and O–H groups in total. The number of allylic oxidation sites excluding steroid dienone is 1. The van der Waals surface area contributed by atoms with E-state index in [2.05, 4.69) is 6.07 Å². The molecule has 0 radical (unpaired) electrons. The normalized spacial score (nSPS) is 10.8. The van der Waals surface area contributed by atoms with Gasteiger partial charge in [0.25, 0.3) is 0 Å². The van der Waals surface area contributed by atoms with Crippen molar-refractivity contribution in [3.05, 3.63) is 58.6 Å². The Hall–Kier alpha value is -2.77. The highest BCUT2D eigenvalue weighted by atomic mass is 35.5. The van der Waals surface area contributed by atoms with Crippen LogP contribution in [0.3, 0.4) is 0 Å². The molecule has 24 heavy (non-hydrogen) atoms. The number of hydrogen-bond donors (Lipinski definition) is 0. The minimum atomic E-state index is -0.340. The molecular formula is C19H16ClNO3. The van der Waals surface area contributed by atoms with E-state index in [1.54, 1.807) is 49.4 Å². The molecule has 4 nitrogen and oxygen atoms in total. The number of carbonyl (C=O) groups excluding carboxylic acids is 1. The molecular weight excluding hydrogens is 326 g/mol. The largest absolute Gasteiger partial charge is 0.493 e. The summed E-state index contributed by atoms with van der Waals surface area (Å²) >= 11 is 5.97. The van der Waals surface area contributed by atoms with Gasteiger partial charge in [-0.05, 0) is 41.5 Å². The summed E-state index contributed by atoms with van der Waals surface area (Å²) in [4.78, 5) is 11.4. The number of nitrogens with zero attached hydrogens (tertiary/aromatic N) is 1. The molecule has 0 aliphatic carbocycles. The maximum atomic E-state index is 11.4. The van der Waals surface area contributed by atoms with Crippen molar-refractivity contribution in [3.8, 4) is 17.6 Å². The van der Waals surface area contributed by atoms with Crippen molar-refractivity contribution < 1.29 is 14.3 Å². The summed E-state index contributed by atoms with van der Waals surface area (Å²) in [5.41, 5.74) is 1.95. The van der Waals surface area contributed by atoms with E-state index in [-0.39, 0.29) is 12.4 Å². The summed E-state index contributed by atoms with van der Waals surface area (Å²) in [6.45, 7) is 1.72. The van der Waals surface area contributed by atoms with E-state index in [1.165, 1.54) is 7.11 Å². The van der Waals surface area contributed by atoms with Crippen molar-refractivity contribution in [3.63, 3.8) is 0 Å². The summed E-state index contributed by atoms with van der Waals surface area (Å²) in [5, 5.41) is 9.96. The van der Waals surface area contributed by atoms with Crippen LogP contribution in [0, 0.1) is 11.3 Å². The molecule has 0 aliphatic rings. The lowest BCUT2D eigenvalue weighted by Crippen LogP contribution is -2.06. The molecule has 0 spiro atoms. The van der Waals surface area contributed by atoms with E-state index in [4.69, 9.17) is 21.1 Å². The summed E-state index contributed by atoms with van der Waals surface area (Å²) in [6, 6.07) is 14.3. The average Bonchev–Trinajstić information content (AvgIpc) is 2.60. The first-order valence-electron chi connectivity index (χ1n) is 7.33. The second kappa shape index (κ2) is 8.19. The Morgan fingerprint density at radius 1 is 1.25 bits per heavy atom. The van der Waals surface area contributed by atoms with Gasteiger partial charge in [-0.25, -0.2) is 0 Å². The fourth-order valence-electron chi connectivity index (χ4n) is 2.06. The Morgan fingerprint density at radius 2 is 2.04 bits per heavy atom. The molecule has 2 aromatic carbocycles. The van der Waals surface area contributed by atoms with Gasteiger partial charge in [0.05, 0.1) is 18.8 Å². The lowest BCUT2D eigenvalue weighted by atomic mass is 10.0. The quantitative estimate of drug-likeness (QED) is 0.341. The van der Waals surface area contributed by atoms with E-state index in [9.17, 15) is 10.1 Å². The van der Waals surface area contributed by atoms with Crippen LogP contribution in [0.25, 0.3) is 11.6 Å². The Kier molecular flexibility index (Phi) is 6.00. The van der Waals surface area contributed by atoms with Crippen LogP contribution < -0.4 is 9.47 Å². The van der Waals surface area contributed by atoms with Gasteiger partial charge in [0.1, 0.15) is 0 Å². The summed E-state index contributed by atoms with van der Waals surface area (Å²) < 4.78 is 10.5. The minimum Gasteiger partial charge on any atom is -0.493 e. The number of hydrogen-bond acceptors (Lipinski definition) is 4. The second-order valence-corrected chi connectivity index (χ2v) is 5.35. The summed E-state index contributed by atoms with van der Waals surface area (Å²) in [6.07, 6.45) is 2.00. The third-order valence-corrected chi connectivity index (χ3v) is 3.50. The highest BCUT2D eigenvalue weighted by Crippen LogP contribution is 2.30. The maximum Gasteiger partial charge on any atom is 0.311 e. The third kappa shape index (κ3) is 4.37. The van der Waals surface area contributed by atoms with Crippen LogP contribution in [0.4, 0.5) is 0 Å². The zero-order valence-corrected chi connectivity index (χ0v) is 14.1. The van der Waals surface area contributed by atoms with Crippen molar-refractivity contribution in [1.29, 1.82) is 5.26 Å². The van der Waals surface area contributed by atoms with Gasteiger partial charge in [0.15, 0.2) is 11.5 Å². The van der Waals surface area contributed by atoms with Gasteiger partial charge in [-0.1, -0.05) is 36.7 Å². The van der Waals surface area contributed by atoms with Crippen LogP contribution in [0.15, 0.2) is 42.5 Å². The summed E-state index contributed by atoms with van der Waals surface area (Å²) in [7, 11) is 1.49. The molecule has 0 fully saturated rings. The number of methoxy groups -OCH3 is 1. The molecule has 0 aromatic heterocycles. The highest BCUT2D eigenvalue weighted by Gasteiger charge is 2.10. The predicted molar refractivity (Wildman–Crippen MR) is 93.9 cm³/mol. The number of carbonyl (C=O) groups is 1. The molecule has 0 amide bonds. The number of rotatable bonds is 5. The van der Waals surface area contributed by atoms with E-state index in [0.29, 0.717) is 22.1 Å². The molecule has 5 heteroatoms. The molecule has 122 valence electrons. The summed E-state index contributed by atoms with van der Waals surface area (Å²) in [5.74, 6) is 0.435. The first-order valence-corrected chi connectivity index (χ1v) is 7.71. The zero-order valence-electron chi connectivity index (χ0n) is 13.4. The molecule has 0 saturated carbocycles. The lowest BCUT2D eigenvalue weighted by Gasteiger charge is -2.09. The Labute approximate surface area is 145 Å². The van der Waals surface area contributed by atoms with E-state index < -0.39 is 0 Å². The van der Waals surface area contributed by atoms with Gasteiger partial charge >= 0.3 is 5.97 Å². The monoisotopic (exact) mass is 341 g/mol. The molecule has 0 heterocycles. The SMILES string of the molecule is CCC(=O)Oc1ccc(/C=C(/C#N)c2cccc(Cl)c2)cc1OC. The van der Waals surface area contributed by atoms with Crippen molar-refractivity contribution in [2.75, 3.05) is 7.11 Å². The van der Waals surface area contributed by atoms with Crippen LogP contribution in [0.5, 0.6) is 11.5 Å². The zero-order chi connectivity index (χ0) is 17.5. The molecule has 0 saturated heterocycles. The molecule has 0 atom stereocenters. The first-order chi connectivity index (χ1) is 11.6. The molecule has 0 unspecified atom stereocenters. The Morgan fingerprint density at radius 3 is 2.67 bits per heavy atom. The fourth-order valence-corrected chi connectivity index (χ4v) is 2.25. The van der Waals surface area contributed by atoms with E-state index >= 15 is 0 Å². The van der Waals surface area contributed by atoms with Gasteiger partial charge in [-0.3, -0.25) is 4.79 Å². The van der Waals surface area contributed by atoms with Gasteiger partial charge in [-0.2, -0.15) is 5.26 Å². The fraction of sp³-hybridized carbons (Fsp3) is 0.158. The number of benzene rings is 2. The first kappa shape index (κ1) is 17.6. The molecule has 0 aliphatic heterocycles. The third-order valence-electron chi connectivity index (χ3n) is 3.27. The van der Waals surface area contributed by atoms with Gasteiger partial charge in [0.2, 0.25) is 0 Å². The molecule has 2 rings (SSSR count). The average molecular weight is 342 g/mol. The Balaban J connectivity index is 2.37. The predicted octanol–water partition coefficient (Wildman–Crippen LogP) is 4.73. The Bertz CT molecular complexity index is 822. The van der Waals surface area contributed by atoms with Crippen LogP contribution in [0.1, 0.15) is 24.5 Å². The van der Waals surface area contributed by atoms with Crippen molar-refractivity contribution in [1.82, 2.24) is 0 Å². The van der Waals surface area contributed by atoms with Gasteiger partial charge in [0, 0.05) is 11.4 Å². The second-order valence-electron chi connectivity index (χ2n) is 4.92. The lowest BCUT2D eigenvalue weighted by molar-refractivity contribution is -0.134. The number of esters is 1. The standard InChI is InChI=1S/C19H16ClNO3/c1-3-19(22)24-17-8-7-13(10-18(17)23-2)9-15(12-21)14-5-4-6-16(20)11-14/h4-11H,3H2,1-2H3/b15-9-. The van der Waals surface area contributed by atoms with Gasteiger partial charge < -0.3 is 9.47 Å². The maximum absolute atomic E-state index is 11.4.